The average Bonchev–Trinajstić information content (AvgIpc) is 2.69. The first-order valence-corrected chi connectivity index (χ1v) is 10.5. The van der Waals surface area contributed by atoms with E-state index in [0.717, 1.165) is 11.5 Å². The predicted molar refractivity (Wildman–Crippen MR) is 94.6 cm³/mol. The Kier molecular flexibility index (Phi) is 8.13. The Labute approximate surface area is 168 Å². The van der Waals surface area contributed by atoms with E-state index in [1.165, 1.54) is 14.7 Å². The topological polar surface area (TPSA) is 111 Å². The van der Waals surface area contributed by atoms with Crippen LogP contribution in [0.25, 0.3) is 0 Å². The summed E-state index contributed by atoms with van der Waals surface area (Å²) in [6, 6.07) is 27.2. The maximum absolute atomic E-state index is 8.49. The molecule has 0 heterocycles. The number of benzene rings is 3. The van der Waals surface area contributed by atoms with Gasteiger partial charge in [-0.05, 0) is 60.7 Å². The van der Waals surface area contributed by atoms with Crippen LogP contribution in [0.2, 0.25) is 0 Å². The van der Waals surface area contributed by atoms with Gasteiger partial charge in [0.15, 0.2) is 14.7 Å². The lowest BCUT2D eigenvalue weighted by atomic mass is 10.3. The molecule has 0 amide bonds. The van der Waals surface area contributed by atoms with Crippen molar-refractivity contribution in [2.24, 2.45) is 0 Å². The van der Waals surface area contributed by atoms with E-state index in [0.29, 0.717) is 0 Å². The van der Waals surface area contributed by atoms with Gasteiger partial charge in [-0.15, -0.1) is 10.2 Å². The number of hydrogen-bond donors (Lipinski definition) is 0. The van der Waals surface area contributed by atoms with Gasteiger partial charge in [-0.3, -0.25) is 0 Å². The van der Waals surface area contributed by atoms with Gasteiger partial charge in [-0.2, -0.15) is 0 Å². The minimum Gasteiger partial charge on any atom is -0.497 e. The molecule has 0 atom stereocenters. The van der Waals surface area contributed by atoms with Gasteiger partial charge in [-0.25, -0.2) is 18.6 Å². The first kappa shape index (κ1) is 22.0. The zero-order valence-electron chi connectivity index (χ0n) is 15.2. The highest BCUT2D eigenvalue weighted by atomic mass is 35.7. The second-order valence-corrected chi connectivity index (χ2v) is 8.13. The van der Waals surface area contributed by atoms with Crippen LogP contribution in [-0.4, -0.2) is 14.2 Å². The Morgan fingerprint density at radius 1 is 0.571 bits per heavy atom. The summed E-state index contributed by atoms with van der Waals surface area (Å²) >= 11 is 0. The zero-order valence-corrected chi connectivity index (χ0v) is 16.8. The van der Waals surface area contributed by atoms with Crippen LogP contribution in [0.4, 0.5) is 0 Å². The Morgan fingerprint density at radius 3 is 1.21 bits per heavy atom. The molecule has 0 bridgehead atoms. The second kappa shape index (κ2) is 10.3. The number of hydrogen-bond acceptors (Lipinski definition) is 6. The maximum Gasteiger partial charge on any atom is 0.166 e. The highest BCUT2D eigenvalue weighted by Crippen LogP contribution is 2.32. The largest absolute Gasteiger partial charge is 0.497 e. The molecule has 0 aliphatic rings. The fourth-order valence-corrected chi connectivity index (χ4v) is 4.45. The second-order valence-electron chi connectivity index (χ2n) is 5.35. The van der Waals surface area contributed by atoms with Crippen LogP contribution in [0.1, 0.15) is 0 Å². The third-order valence-electron chi connectivity index (χ3n) is 3.57. The highest BCUT2D eigenvalue weighted by Gasteiger charge is 2.28. The lowest BCUT2D eigenvalue weighted by molar-refractivity contribution is -2.00. The fourth-order valence-electron chi connectivity index (χ4n) is 2.39. The number of methoxy groups -OCH3 is 2. The quantitative estimate of drug-likeness (QED) is 0.537. The molecular formula is C20H19ClO6S. The molecule has 3 aromatic carbocycles. The van der Waals surface area contributed by atoms with E-state index in [1.54, 1.807) is 14.2 Å². The molecule has 28 heavy (non-hydrogen) atoms. The Bertz CT molecular complexity index is 782. The fraction of sp³-hybridized carbons (Fsp3) is 0.100. The standard InChI is InChI=1S/C20H19O2S.ClHO4/c1-21-16-8-12-19(13-9-16)23(18-6-4-3-5-7-18)20-14-10-17(22-2)11-15-20;2-1(3,4)5/h3-15H,1-2H3;(H,2,3,4,5)/q+1;/p-1. The van der Waals surface area contributed by atoms with Crippen molar-refractivity contribution in [1.29, 1.82) is 0 Å². The van der Waals surface area contributed by atoms with Crippen molar-refractivity contribution in [3.8, 4) is 11.5 Å². The molecule has 0 aliphatic heterocycles. The van der Waals surface area contributed by atoms with Crippen molar-refractivity contribution in [3.05, 3.63) is 78.9 Å². The summed E-state index contributed by atoms with van der Waals surface area (Å²) < 4.78 is 44.5. The van der Waals surface area contributed by atoms with Gasteiger partial charge >= 0.3 is 0 Å². The van der Waals surface area contributed by atoms with Crippen LogP contribution in [0, 0.1) is 10.2 Å². The van der Waals surface area contributed by atoms with E-state index in [2.05, 4.69) is 48.5 Å². The molecule has 0 saturated heterocycles. The summed E-state index contributed by atoms with van der Waals surface area (Å²) in [6.45, 7) is 0. The lowest BCUT2D eigenvalue weighted by Gasteiger charge is -2.17. The van der Waals surface area contributed by atoms with Crippen molar-refractivity contribution in [1.82, 2.24) is 0 Å². The Balaban J connectivity index is 0.000000500. The molecular weight excluding hydrogens is 404 g/mol. The van der Waals surface area contributed by atoms with Gasteiger partial charge in [0.2, 0.25) is 0 Å². The molecule has 3 rings (SSSR count). The van der Waals surface area contributed by atoms with E-state index in [1.807, 2.05) is 30.3 Å². The van der Waals surface area contributed by atoms with E-state index < -0.39 is 10.2 Å². The smallest absolute Gasteiger partial charge is 0.166 e. The molecule has 3 aromatic rings. The zero-order chi connectivity index (χ0) is 20.6. The van der Waals surface area contributed by atoms with Crippen LogP contribution in [0.15, 0.2) is 93.5 Å². The third kappa shape index (κ3) is 7.05. The Morgan fingerprint density at radius 2 is 0.893 bits per heavy atom. The SMILES string of the molecule is COc1ccc([S+](c2ccccc2)c2ccc(OC)cc2)cc1.[O-][Cl+3]([O-])([O-])[O-]. The summed E-state index contributed by atoms with van der Waals surface area (Å²) in [5.74, 6) is 1.75. The third-order valence-corrected chi connectivity index (χ3v) is 5.80. The van der Waals surface area contributed by atoms with Crippen molar-refractivity contribution in [2.75, 3.05) is 14.2 Å². The van der Waals surface area contributed by atoms with E-state index in [-0.39, 0.29) is 10.9 Å². The van der Waals surface area contributed by atoms with Crippen LogP contribution < -0.4 is 28.1 Å². The van der Waals surface area contributed by atoms with Crippen molar-refractivity contribution in [3.63, 3.8) is 0 Å². The van der Waals surface area contributed by atoms with Crippen molar-refractivity contribution in [2.45, 2.75) is 14.7 Å². The minimum atomic E-state index is -4.94. The van der Waals surface area contributed by atoms with Gasteiger partial charge in [0.1, 0.15) is 11.5 Å². The van der Waals surface area contributed by atoms with Crippen LogP contribution in [0.3, 0.4) is 0 Å². The molecule has 0 N–H and O–H groups in total. The van der Waals surface area contributed by atoms with Gasteiger partial charge in [0.25, 0.3) is 0 Å². The molecule has 6 nitrogen and oxygen atoms in total. The van der Waals surface area contributed by atoms with E-state index in [4.69, 9.17) is 28.1 Å². The lowest BCUT2D eigenvalue weighted by Crippen LogP contribution is -2.68. The van der Waals surface area contributed by atoms with Crippen molar-refractivity contribution < 1.29 is 38.4 Å². The summed E-state index contributed by atoms with van der Waals surface area (Å²) in [5.41, 5.74) is 0. The van der Waals surface area contributed by atoms with Gasteiger partial charge < -0.3 is 9.47 Å². The molecule has 0 radical (unpaired) electrons. The molecule has 8 heteroatoms. The van der Waals surface area contributed by atoms with Crippen LogP contribution >= 0.6 is 0 Å². The first-order chi connectivity index (χ1) is 13.3. The molecule has 0 fully saturated rings. The predicted octanol–water partition coefficient (Wildman–Crippen LogP) is 0.0432. The van der Waals surface area contributed by atoms with E-state index >= 15 is 0 Å². The van der Waals surface area contributed by atoms with Crippen LogP contribution in [-0.2, 0) is 10.9 Å². The Hall–Kier alpha value is -2.26. The number of halogens is 1. The highest BCUT2D eigenvalue weighted by molar-refractivity contribution is 7.97. The van der Waals surface area contributed by atoms with Gasteiger partial charge in [0.05, 0.1) is 25.1 Å². The first-order valence-electron chi connectivity index (χ1n) is 8.01. The van der Waals surface area contributed by atoms with Gasteiger partial charge in [-0.1, -0.05) is 18.2 Å². The molecule has 0 unspecified atom stereocenters. The monoisotopic (exact) mass is 422 g/mol. The summed E-state index contributed by atoms with van der Waals surface area (Å²) in [7, 11) is -1.71. The van der Waals surface area contributed by atoms with Gasteiger partial charge in [0, 0.05) is 0 Å². The molecule has 0 aliphatic carbocycles. The van der Waals surface area contributed by atoms with Crippen molar-refractivity contribution >= 4 is 10.9 Å². The summed E-state index contributed by atoms with van der Waals surface area (Å²) in [6.07, 6.45) is 0. The van der Waals surface area contributed by atoms with E-state index in [9.17, 15) is 0 Å². The molecule has 148 valence electrons. The number of rotatable bonds is 5. The molecule has 0 spiro atoms. The minimum absolute atomic E-state index is 0.146. The molecule has 0 saturated carbocycles. The summed E-state index contributed by atoms with van der Waals surface area (Å²) in [4.78, 5) is 3.83. The summed E-state index contributed by atoms with van der Waals surface area (Å²) in [5, 5.41) is 0. The average molecular weight is 423 g/mol. The number of ether oxygens (including phenoxy) is 2. The van der Waals surface area contributed by atoms with Crippen LogP contribution in [0.5, 0.6) is 11.5 Å². The normalized spacial score (nSPS) is 10.8. The molecule has 0 aromatic heterocycles. The maximum atomic E-state index is 8.49.